The molecule has 3 heteroatoms. The molecule has 1 aliphatic rings. The first-order chi connectivity index (χ1) is 10.1. The van der Waals surface area contributed by atoms with Crippen LogP contribution < -0.4 is 5.32 Å². The first-order valence-electron chi connectivity index (χ1n) is 8.44. The second-order valence-corrected chi connectivity index (χ2v) is 6.34. The van der Waals surface area contributed by atoms with E-state index in [1.54, 1.807) is 0 Å². The lowest BCUT2D eigenvalue weighted by Crippen LogP contribution is -2.31. The van der Waals surface area contributed by atoms with E-state index < -0.39 is 0 Å². The Labute approximate surface area is 130 Å². The molecule has 1 unspecified atom stereocenters. The van der Waals surface area contributed by atoms with Crippen LogP contribution in [-0.4, -0.2) is 48.1 Å². The molecule has 0 saturated carbocycles. The topological polar surface area (TPSA) is 18.5 Å². The normalized spacial score (nSPS) is 19.6. The standard InChI is InChI=1S/C18H31N3/c1-5-20(6-2)13-16-9-7-8-10-18(16)19-17-11-12-21(14-17)15(3)4/h7-10,15,17,19H,5-6,11-14H2,1-4H3. The summed E-state index contributed by atoms with van der Waals surface area (Å²) < 4.78 is 0. The minimum atomic E-state index is 0.588. The molecule has 0 bridgehead atoms. The number of benzene rings is 1. The molecule has 1 heterocycles. The van der Waals surface area contributed by atoms with Gasteiger partial charge in [-0.05, 0) is 45.0 Å². The van der Waals surface area contributed by atoms with Crippen LogP contribution in [-0.2, 0) is 6.54 Å². The van der Waals surface area contributed by atoms with Crippen molar-refractivity contribution in [1.82, 2.24) is 9.80 Å². The Kier molecular flexibility index (Phi) is 6.07. The maximum Gasteiger partial charge on any atom is 0.0400 e. The Hall–Kier alpha value is -1.06. The van der Waals surface area contributed by atoms with Gasteiger partial charge in [0.05, 0.1) is 0 Å². The number of anilines is 1. The highest BCUT2D eigenvalue weighted by molar-refractivity contribution is 5.52. The third kappa shape index (κ3) is 4.45. The van der Waals surface area contributed by atoms with Crippen molar-refractivity contribution in [2.24, 2.45) is 0 Å². The molecule has 0 radical (unpaired) electrons. The quantitative estimate of drug-likeness (QED) is 0.830. The summed E-state index contributed by atoms with van der Waals surface area (Å²) in [6, 6.07) is 10.0. The SMILES string of the molecule is CCN(CC)Cc1ccccc1NC1CCN(C(C)C)C1. The number of likely N-dealkylation sites (tertiary alicyclic amines) is 1. The number of hydrogen-bond donors (Lipinski definition) is 1. The summed E-state index contributed by atoms with van der Waals surface area (Å²) in [6.45, 7) is 14.7. The molecule has 1 fully saturated rings. The van der Waals surface area contributed by atoms with E-state index in [4.69, 9.17) is 0 Å². The number of nitrogens with one attached hydrogen (secondary N) is 1. The lowest BCUT2D eigenvalue weighted by molar-refractivity contribution is 0.274. The second kappa shape index (κ2) is 7.81. The average molecular weight is 289 g/mol. The van der Waals surface area contributed by atoms with Crippen LogP contribution in [0.2, 0.25) is 0 Å². The molecular weight excluding hydrogens is 258 g/mol. The minimum Gasteiger partial charge on any atom is -0.381 e. The van der Waals surface area contributed by atoms with Crippen LogP contribution in [0.1, 0.15) is 39.7 Å². The van der Waals surface area contributed by atoms with Gasteiger partial charge in [0.25, 0.3) is 0 Å². The minimum absolute atomic E-state index is 0.588. The van der Waals surface area contributed by atoms with Crippen molar-refractivity contribution in [3.05, 3.63) is 29.8 Å². The average Bonchev–Trinajstić information content (AvgIpc) is 2.95. The van der Waals surface area contributed by atoms with Crippen molar-refractivity contribution >= 4 is 5.69 Å². The van der Waals surface area contributed by atoms with E-state index in [1.807, 2.05) is 0 Å². The Morgan fingerprint density at radius 1 is 1.24 bits per heavy atom. The Bertz CT molecular complexity index is 426. The molecule has 21 heavy (non-hydrogen) atoms. The molecular formula is C18H31N3. The number of rotatable bonds is 7. The molecule has 1 aliphatic heterocycles. The van der Waals surface area contributed by atoms with Crippen molar-refractivity contribution < 1.29 is 0 Å². The Morgan fingerprint density at radius 2 is 1.95 bits per heavy atom. The third-order valence-corrected chi connectivity index (χ3v) is 4.62. The van der Waals surface area contributed by atoms with Gasteiger partial charge in [-0.3, -0.25) is 9.80 Å². The van der Waals surface area contributed by atoms with E-state index >= 15 is 0 Å². The van der Waals surface area contributed by atoms with Gasteiger partial charge >= 0.3 is 0 Å². The lowest BCUT2D eigenvalue weighted by Gasteiger charge is -2.23. The molecule has 0 aromatic heterocycles. The largest absolute Gasteiger partial charge is 0.381 e. The van der Waals surface area contributed by atoms with Gasteiger partial charge in [-0.15, -0.1) is 0 Å². The van der Waals surface area contributed by atoms with Gasteiger partial charge in [-0.25, -0.2) is 0 Å². The van der Waals surface area contributed by atoms with Crippen LogP contribution in [0, 0.1) is 0 Å². The van der Waals surface area contributed by atoms with Crippen LogP contribution in [0.5, 0.6) is 0 Å². The number of para-hydroxylation sites is 1. The van der Waals surface area contributed by atoms with Crippen LogP contribution >= 0.6 is 0 Å². The molecule has 0 aliphatic carbocycles. The van der Waals surface area contributed by atoms with Crippen LogP contribution in [0.15, 0.2) is 24.3 Å². The summed E-state index contributed by atoms with van der Waals surface area (Å²) in [6.07, 6.45) is 1.25. The molecule has 1 aromatic rings. The fourth-order valence-electron chi connectivity index (χ4n) is 3.08. The van der Waals surface area contributed by atoms with Crippen molar-refractivity contribution in [3.8, 4) is 0 Å². The van der Waals surface area contributed by atoms with Crippen molar-refractivity contribution in [3.63, 3.8) is 0 Å². The summed E-state index contributed by atoms with van der Waals surface area (Å²) in [4.78, 5) is 5.03. The number of hydrogen-bond acceptors (Lipinski definition) is 3. The van der Waals surface area contributed by atoms with Gasteiger partial charge in [0, 0.05) is 37.4 Å². The van der Waals surface area contributed by atoms with Gasteiger partial charge in [-0.2, -0.15) is 0 Å². The smallest absolute Gasteiger partial charge is 0.0400 e. The van der Waals surface area contributed by atoms with Crippen LogP contribution in [0.3, 0.4) is 0 Å². The Morgan fingerprint density at radius 3 is 2.57 bits per heavy atom. The zero-order valence-electron chi connectivity index (χ0n) is 14.1. The molecule has 1 aromatic carbocycles. The van der Waals surface area contributed by atoms with Gasteiger partial charge < -0.3 is 5.32 Å². The Balaban J connectivity index is 2.00. The fourth-order valence-corrected chi connectivity index (χ4v) is 3.08. The van der Waals surface area contributed by atoms with E-state index in [0.717, 1.165) is 26.2 Å². The van der Waals surface area contributed by atoms with Crippen molar-refractivity contribution in [2.75, 3.05) is 31.5 Å². The highest BCUT2D eigenvalue weighted by Gasteiger charge is 2.24. The predicted octanol–water partition coefficient (Wildman–Crippen LogP) is 3.42. The summed E-state index contributed by atoms with van der Waals surface area (Å²) in [5, 5.41) is 3.78. The number of nitrogens with zero attached hydrogens (tertiary/aromatic N) is 2. The summed E-state index contributed by atoms with van der Waals surface area (Å²) in [7, 11) is 0. The maximum absolute atomic E-state index is 3.78. The van der Waals surface area contributed by atoms with E-state index in [1.165, 1.54) is 24.2 Å². The third-order valence-electron chi connectivity index (χ3n) is 4.62. The van der Waals surface area contributed by atoms with E-state index in [-0.39, 0.29) is 0 Å². The maximum atomic E-state index is 3.78. The summed E-state index contributed by atoms with van der Waals surface area (Å²) in [5.74, 6) is 0. The zero-order valence-corrected chi connectivity index (χ0v) is 14.1. The molecule has 0 spiro atoms. The highest BCUT2D eigenvalue weighted by Crippen LogP contribution is 2.22. The molecule has 0 amide bonds. The van der Waals surface area contributed by atoms with Crippen LogP contribution in [0.4, 0.5) is 5.69 Å². The predicted molar refractivity (Wildman–Crippen MR) is 91.8 cm³/mol. The molecule has 2 rings (SSSR count). The van der Waals surface area contributed by atoms with Gasteiger partial charge in [0.1, 0.15) is 0 Å². The second-order valence-electron chi connectivity index (χ2n) is 6.34. The van der Waals surface area contributed by atoms with Gasteiger partial charge in [-0.1, -0.05) is 32.0 Å². The first kappa shape index (κ1) is 16.3. The fraction of sp³-hybridized carbons (Fsp3) is 0.667. The molecule has 1 atom stereocenters. The molecule has 3 nitrogen and oxygen atoms in total. The molecule has 118 valence electrons. The monoisotopic (exact) mass is 289 g/mol. The summed E-state index contributed by atoms with van der Waals surface area (Å²) >= 11 is 0. The zero-order chi connectivity index (χ0) is 15.2. The molecule has 1 saturated heterocycles. The summed E-state index contributed by atoms with van der Waals surface area (Å²) in [5.41, 5.74) is 2.74. The van der Waals surface area contributed by atoms with Gasteiger partial charge in [0.2, 0.25) is 0 Å². The lowest BCUT2D eigenvalue weighted by atomic mass is 10.1. The van der Waals surface area contributed by atoms with E-state index in [9.17, 15) is 0 Å². The highest BCUT2D eigenvalue weighted by atomic mass is 15.2. The van der Waals surface area contributed by atoms with E-state index in [2.05, 4.69) is 67.1 Å². The van der Waals surface area contributed by atoms with Gasteiger partial charge in [0.15, 0.2) is 0 Å². The molecule has 1 N–H and O–H groups in total. The van der Waals surface area contributed by atoms with Crippen molar-refractivity contribution in [2.45, 2.75) is 52.7 Å². The van der Waals surface area contributed by atoms with E-state index in [0.29, 0.717) is 12.1 Å². The first-order valence-corrected chi connectivity index (χ1v) is 8.44. The van der Waals surface area contributed by atoms with Crippen LogP contribution in [0.25, 0.3) is 0 Å². The van der Waals surface area contributed by atoms with Crippen molar-refractivity contribution in [1.29, 1.82) is 0 Å².